The molecule has 2 aliphatic rings. The van der Waals surface area contributed by atoms with Crippen molar-refractivity contribution in [1.29, 1.82) is 0 Å². The molecular formula is C28H34N8O7S. The van der Waals surface area contributed by atoms with Crippen LogP contribution in [0.3, 0.4) is 0 Å². The molecule has 3 amide bonds. The van der Waals surface area contributed by atoms with Crippen LogP contribution in [0.25, 0.3) is 0 Å². The van der Waals surface area contributed by atoms with Crippen LogP contribution in [0.1, 0.15) is 45.5 Å². The zero-order valence-electron chi connectivity index (χ0n) is 23.8. The lowest BCUT2D eigenvalue weighted by molar-refractivity contribution is -0.138. The highest BCUT2D eigenvalue weighted by Crippen LogP contribution is 2.16. The van der Waals surface area contributed by atoms with E-state index in [1.807, 2.05) is 0 Å². The van der Waals surface area contributed by atoms with Gasteiger partial charge in [-0.15, -0.1) is 0 Å². The number of hydrogen-bond acceptors (Lipinski definition) is 10. The Morgan fingerprint density at radius 1 is 0.864 bits per heavy atom. The number of amides is 3. The number of rotatable bonds is 11. The lowest BCUT2D eigenvalue weighted by Crippen LogP contribution is -2.49. The largest absolute Gasteiger partial charge is 0.480 e. The van der Waals surface area contributed by atoms with Crippen molar-refractivity contribution < 1.29 is 32.7 Å². The number of carbonyl (C=O) groups is 4. The first kappa shape index (κ1) is 32.1. The van der Waals surface area contributed by atoms with Crippen molar-refractivity contribution in [1.82, 2.24) is 31.3 Å². The summed E-state index contributed by atoms with van der Waals surface area (Å²) < 4.78 is 28.4. The van der Waals surface area contributed by atoms with Crippen molar-refractivity contribution in [2.75, 3.05) is 32.7 Å². The highest BCUT2D eigenvalue weighted by Gasteiger charge is 2.29. The van der Waals surface area contributed by atoms with Gasteiger partial charge in [-0.1, -0.05) is 24.3 Å². The van der Waals surface area contributed by atoms with Gasteiger partial charge in [-0.25, -0.2) is 8.42 Å². The third kappa shape index (κ3) is 9.08. The summed E-state index contributed by atoms with van der Waals surface area (Å²) in [6.07, 6.45) is 2.34. The van der Waals surface area contributed by atoms with Gasteiger partial charge in [0.05, 0.1) is 10.5 Å². The van der Waals surface area contributed by atoms with Crippen LogP contribution < -0.4 is 31.3 Å². The van der Waals surface area contributed by atoms with Crippen LogP contribution in [0.5, 0.6) is 0 Å². The quantitative estimate of drug-likeness (QED) is 0.168. The normalized spacial score (nSPS) is 15.4. The highest BCUT2D eigenvalue weighted by molar-refractivity contribution is 7.89. The monoisotopic (exact) mass is 626 g/mol. The lowest BCUT2D eigenvalue weighted by atomic mass is 10.1. The first-order chi connectivity index (χ1) is 21.1. The van der Waals surface area contributed by atoms with E-state index in [1.54, 1.807) is 12.1 Å². The van der Waals surface area contributed by atoms with E-state index in [0.717, 1.165) is 24.9 Å². The van der Waals surface area contributed by atoms with E-state index in [1.165, 1.54) is 36.4 Å². The number of nitrogens with zero attached hydrogens (tertiary/aromatic N) is 2. The zero-order valence-corrected chi connectivity index (χ0v) is 24.6. The maximum atomic E-state index is 13.2. The minimum absolute atomic E-state index is 0.194. The molecule has 0 saturated heterocycles. The standard InChI is InChI=1S/C28H34N8O7S/c37-23(34-27-29-13-3-14-30-27)12-9-18-7-10-19(11-8-18)24(38)33-17-21(26(40)41)36-44(42,43)22-6-2-1-5-20(22)25(39)35-28-31-15-4-16-32-28/h1-2,5-8,10-11,21,36H,3-4,9,12-17H2,(H,33,38)(H,40,41)(H2,29,30,34,37)(H2,31,32,35,39). The van der Waals surface area contributed by atoms with Gasteiger partial charge in [0, 0.05) is 44.7 Å². The van der Waals surface area contributed by atoms with Gasteiger partial charge < -0.3 is 21.1 Å². The number of sulfonamides is 1. The minimum atomic E-state index is -4.51. The molecule has 2 aromatic rings. The number of benzene rings is 2. The van der Waals surface area contributed by atoms with E-state index in [4.69, 9.17) is 0 Å². The lowest BCUT2D eigenvalue weighted by Gasteiger charge is -2.18. The van der Waals surface area contributed by atoms with Gasteiger partial charge >= 0.3 is 5.97 Å². The molecule has 0 spiro atoms. The van der Waals surface area contributed by atoms with E-state index in [9.17, 15) is 32.7 Å². The Morgan fingerprint density at radius 3 is 2.11 bits per heavy atom. The van der Waals surface area contributed by atoms with E-state index in [0.29, 0.717) is 32.0 Å². The van der Waals surface area contributed by atoms with Gasteiger partial charge in [0.15, 0.2) is 11.9 Å². The molecule has 44 heavy (non-hydrogen) atoms. The molecule has 15 nitrogen and oxygen atoms in total. The fourth-order valence-electron chi connectivity index (χ4n) is 4.30. The Balaban J connectivity index is 1.32. The molecular weight excluding hydrogens is 592 g/mol. The van der Waals surface area contributed by atoms with Crippen LogP contribution in [0, 0.1) is 0 Å². The second kappa shape index (κ2) is 15.1. The SMILES string of the molecule is O=C(CCc1ccc(C(=O)NCC(NS(=O)(=O)c2ccccc2C(=O)NC2=NCCCN2)C(=O)O)cc1)NC1=NCCCN1. The maximum Gasteiger partial charge on any atom is 0.323 e. The van der Waals surface area contributed by atoms with Crippen molar-refractivity contribution in [3.8, 4) is 0 Å². The number of carboxylic acids is 1. The number of guanidine groups is 2. The molecule has 2 aromatic carbocycles. The summed E-state index contributed by atoms with van der Waals surface area (Å²) in [5, 5.41) is 23.3. The average Bonchev–Trinajstić information content (AvgIpc) is 3.03. The summed E-state index contributed by atoms with van der Waals surface area (Å²) in [5.41, 5.74) is 0.813. The van der Waals surface area contributed by atoms with Crippen LogP contribution in [-0.2, 0) is 26.0 Å². The Kier molecular flexibility index (Phi) is 11.0. The average molecular weight is 627 g/mol. The van der Waals surface area contributed by atoms with Crippen molar-refractivity contribution in [3.05, 3.63) is 65.2 Å². The van der Waals surface area contributed by atoms with E-state index in [2.05, 4.69) is 41.3 Å². The van der Waals surface area contributed by atoms with Crippen molar-refractivity contribution in [3.63, 3.8) is 0 Å². The van der Waals surface area contributed by atoms with Gasteiger partial charge in [0.25, 0.3) is 11.8 Å². The summed E-state index contributed by atoms with van der Waals surface area (Å²) in [7, 11) is -4.51. The predicted molar refractivity (Wildman–Crippen MR) is 161 cm³/mol. The number of aryl methyl sites for hydroxylation is 1. The summed E-state index contributed by atoms with van der Waals surface area (Å²) in [4.78, 5) is 57.5. The minimum Gasteiger partial charge on any atom is -0.480 e. The molecule has 0 aromatic heterocycles. The number of carbonyl (C=O) groups excluding carboxylic acids is 3. The third-order valence-corrected chi connectivity index (χ3v) is 8.15. The van der Waals surface area contributed by atoms with Crippen LogP contribution >= 0.6 is 0 Å². The summed E-state index contributed by atoms with van der Waals surface area (Å²) in [5.74, 6) is -2.40. The van der Waals surface area contributed by atoms with Crippen molar-refractivity contribution in [2.24, 2.45) is 9.98 Å². The fraction of sp³-hybridized carbons (Fsp3) is 0.357. The van der Waals surface area contributed by atoms with Gasteiger partial charge in [0.2, 0.25) is 15.9 Å². The molecule has 16 heteroatoms. The van der Waals surface area contributed by atoms with Crippen molar-refractivity contribution >= 4 is 45.6 Å². The summed E-state index contributed by atoms with van der Waals surface area (Å²) in [6.45, 7) is 1.96. The van der Waals surface area contributed by atoms with Crippen LogP contribution in [0.4, 0.5) is 0 Å². The third-order valence-electron chi connectivity index (χ3n) is 6.62. The van der Waals surface area contributed by atoms with Gasteiger partial charge in [-0.05, 0) is 49.1 Å². The molecule has 2 heterocycles. The molecule has 4 rings (SSSR count). The molecule has 0 aliphatic carbocycles. The number of carboxylic acid groups (broad SMARTS) is 1. The fourth-order valence-corrected chi connectivity index (χ4v) is 5.69. The first-order valence-corrected chi connectivity index (χ1v) is 15.5. The molecule has 1 atom stereocenters. The Bertz CT molecular complexity index is 1560. The summed E-state index contributed by atoms with van der Waals surface area (Å²) in [6, 6.07) is 10.0. The molecule has 0 fully saturated rings. The predicted octanol–water partition coefficient (Wildman–Crippen LogP) is -0.675. The van der Waals surface area contributed by atoms with Gasteiger partial charge in [-0.3, -0.25) is 39.8 Å². The van der Waals surface area contributed by atoms with Crippen LogP contribution in [-0.4, -0.2) is 87.9 Å². The number of nitrogens with one attached hydrogen (secondary N) is 6. The molecule has 234 valence electrons. The molecule has 7 N–H and O–H groups in total. The first-order valence-electron chi connectivity index (χ1n) is 14.0. The van der Waals surface area contributed by atoms with Crippen LogP contribution in [0.2, 0.25) is 0 Å². The van der Waals surface area contributed by atoms with E-state index < -0.39 is 45.3 Å². The van der Waals surface area contributed by atoms with Crippen molar-refractivity contribution in [2.45, 2.75) is 36.6 Å². The summed E-state index contributed by atoms with van der Waals surface area (Å²) >= 11 is 0. The number of aliphatic carboxylic acids is 1. The zero-order chi connectivity index (χ0) is 31.5. The maximum absolute atomic E-state index is 13.2. The molecule has 2 aliphatic heterocycles. The Morgan fingerprint density at radius 2 is 1.50 bits per heavy atom. The van der Waals surface area contributed by atoms with Crippen LogP contribution in [0.15, 0.2) is 63.4 Å². The van der Waals surface area contributed by atoms with Gasteiger partial charge in [-0.2, -0.15) is 4.72 Å². The second-order valence-corrected chi connectivity index (χ2v) is 11.6. The smallest absolute Gasteiger partial charge is 0.323 e. The topological polar surface area (TPSA) is 220 Å². The van der Waals surface area contributed by atoms with E-state index >= 15 is 0 Å². The molecule has 0 saturated carbocycles. The number of aliphatic imine (C=N–C) groups is 2. The molecule has 0 radical (unpaired) electrons. The van der Waals surface area contributed by atoms with E-state index in [-0.39, 0.29) is 29.4 Å². The molecule has 1 unspecified atom stereocenters. The van der Waals surface area contributed by atoms with Gasteiger partial charge in [0.1, 0.15) is 6.04 Å². The highest BCUT2D eigenvalue weighted by atomic mass is 32.2. The Hall–Kier alpha value is -4.83. The Labute approximate surface area is 254 Å². The molecule has 0 bridgehead atoms. The second-order valence-electron chi connectivity index (χ2n) is 9.94. The number of hydrogen-bond donors (Lipinski definition) is 7.